The molecule has 0 bridgehead atoms. The second kappa shape index (κ2) is 7.82. The molecule has 1 aliphatic rings. The van der Waals surface area contributed by atoms with Crippen LogP contribution in [-0.2, 0) is 11.8 Å². The standard InChI is InChI=1S/C20H28N4OS/c1-13-7-6-8-17(10-13)18-21-22-20(23(18)5)26-16(4)19(25)24-11-14(2)9-15(3)12-24/h6-8,10,14-16H,9,11-12H2,1-5H3. The van der Waals surface area contributed by atoms with Crippen molar-refractivity contribution in [1.29, 1.82) is 0 Å². The van der Waals surface area contributed by atoms with Crippen LogP contribution >= 0.6 is 11.8 Å². The quantitative estimate of drug-likeness (QED) is 0.767. The van der Waals surface area contributed by atoms with E-state index in [4.69, 9.17) is 0 Å². The van der Waals surface area contributed by atoms with Crippen LogP contribution in [0.1, 0.15) is 32.8 Å². The van der Waals surface area contributed by atoms with E-state index in [1.54, 1.807) is 0 Å². The third-order valence-corrected chi connectivity index (χ3v) is 6.04. The van der Waals surface area contributed by atoms with Crippen LogP contribution in [0.15, 0.2) is 29.4 Å². The Labute approximate surface area is 160 Å². The molecule has 0 aliphatic carbocycles. The Hall–Kier alpha value is -1.82. The molecule has 1 saturated heterocycles. The Bertz CT molecular complexity index is 778. The van der Waals surface area contributed by atoms with Crippen LogP contribution in [0.3, 0.4) is 0 Å². The van der Waals surface area contributed by atoms with E-state index in [2.05, 4.69) is 43.1 Å². The number of thioether (sulfide) groups is 1. The fraction of sp³-hybridized carbons (Fsp3) is 0.550. The number of benzene rings is 1. The highest BCUT2D eigenvalue weighted by Crippen LogP contribution is 2.28. The second-order valence-corrected chi connectivity index (χ2v) is 8.99. The van der Waals surface area contributed by atoms with Crippen LogP contribution in [-0.4, -0.2) is 43.9 Å². The van der Waals surface area contributed by atoms with Gasteiger partial charge in [-0.2, -0.15) is 0 Å². The Morgan fingerprint density at radius 1 is 1.23 bits per heavy atom. The average Bonchev–Trinajstić information content (AvgIpc) is 2.94. The monoisotopic (exact) mass is 372 g/mol. The maximum atomic E-state index is 12.9. The lowest BCUT2D eigenvalue weighted by atomic mass is 9.92. The van der Waals surface area contributed by atoms with Crippen LogP contribution in [0.5, 0.6) is 0 Å². The van der Waals surface area contributed by atoms with Crippen LogP contribution in [0.4, 0.5) is 0 Å². The molecule has 1 fully saturated rings. The molecule has 1 aliphatic heterocycles. The predicted molar refractivity (Wildman–Crippen MR) is 106 cm³/mol. The first-order valence-corrected chi connectivity index (χ1v) is 10.1. The highest BCUT2D eigenvalue weighted by atomic mass is 32.2. The number of aryl methyl sites for hydroxylation is 1. The SMILES string of the molecule is Cc1cccc(-c2nnc(SC(C)C(=O)N3CC(C)CC(C)C3)n2C)c1. The van der Waals surface area contributed by atoms with Gasteiger partial charge < -0.3 is 9.47 Å². The van der Waals surface area contributed by atoms with Crippen LogP contribution < -0.4 is 0 Å². The smallest absolute Gasteiger partial charge is 0.235 e. The van der Waals surface area contributed by atoms with E-state index < -0.39 is 0 Å². The molecule has 0 saturated carbocycles. The van der Waals surface area contributed by atoms with Crippen molar-refractivity contribution in [2.24, 2.45) is 18.9 Å². The van der Waals surface area contributed by atoms with Crippen molar-refractivity contribution in [3.05, 3.63) is 29.8 Å². The third kappa shape index (κ3) is 4.11. The van der Waals surface area contributed by atoms with Gasteiger partial charge in [0.15, 0.2) is 11.0 Å². The molecule has 5 nitrogen and oxygen atoms in total. The molecule has 0 N–H and O–H groups in total. The number of hydrogen-bond donors (Lipinski definition) is 0. The normalized spacial score (nSPS) is 21.7. The zero-order valence-electron chi connectivity index (χ0n) is 16.3. The number of likely N-dealkylation sites (tertiary alicyclic amines) is 1. The molecule has 3 unspecified atom stereocenters. The fourth-order valence-corrected chi connectivity index (χ4v) is 4.66. The number of carbonyl (C=O) groups excluding carboxylic acids is 1. The predicted octanol–water partition coefficient (Wildman–Crippen LogP) is 3.78. The van der Waals surface area contributed by atoms with Crippen molar-refractivity contribution in [3.63, 3.8) is 0 Å². The van der Waals surface area contributed by atoms with E-state index in [9.17, 15) is 4.79 Å². The summed E-state index contributed by atoms with van der Waals surface area (Å²) in [5, 5.41) is 9.28. The summed E-state index contributed by atoms with van der Waals surface area (Å²) in [5.41, 5.74) is 2.24. The minimum Gasteiger partial charge on any atom is -0.341 e. The van der Waals surface area contributed by atoms with Crippen molar-refractivity contribution in [2.45, 2.75) is 44.5 Å². The number of nitrogens with zero attached hydrogens (tertiary/aromatic N) is 4. The summed E-state index contributed by atoms with van der Waals surface area (Å²) in [6.07, 6.45) is 1.20. The lowest BCUT2D eigenvalue weighted by Crippen LogP contribution is -2.45. The number of hydrogen-bond acceptors (Lipinski definition) is 4. The molecule has 140 valence electrons. The third-order valence-electron chi connectivity index (χ3n) is 4.92. The van der Waals surface area contributed by atoms with E-state index in [0.29, 0.717) is 11.8 Å². The first-order chi connectivity index (χ1) is 12.3. The molecule has 0 spiro atoms. The minimum atomic E-state index is -0.166. The number of piperidine rings is 1. The average molecular weight is 373 g/mol. The van der Waals surface area contributed by atoms with Crippen molar-refractivity contribution >= 4 is 17.7 Å². The molecule has 3 atom stereocenters. The molecule has 6 heteroatoms. The number of rotatable bonds is 4. The lowest BCUT2D eigenvalue weighted by Gasteiger charge is -2.36. The highest BCUT2D eigenvalue weighted by molar-refractivity contribution is 8.00. The molecule has 26 heavy (non-hydrogen) atoms. The Morgan fingerprint density at radius 3 is 2.58 bits per heavy atom. The summed E-state index contributed by atoms with van der Waals surface area (Å²) in [6.45, 7) is 10.2. The van der Waals surface area contributed by atoms with E-state index in [-0.39, 0.29) is 11.2 Å². The zero-order valence-corrected chi connectivity index (χ0v) is 17.1. The molecule has 1 amide bonds. The molecule has 2 aromatic rings. The summed E-state index contributed by atoms with van der Waals surface area (Å²) in [5.74, 6) is 2.18. The largest absolute Gasteiger partial charge is 0.341 e. The number of aromatic nitrogens is 3. The van der Waals surface area contributed by atoms with Gasteiger partial charge in [-0.25, -0.2) is 0 Å². The van der Waals surface area contributed by atoms with Gasteiger partial charge in [-0.1, -0.05) is 49.4 Å². The van der Waals surface area contributed by atoms with Gasteiger partial charge in [0.05, 0.1) is 5.25 Å². The van der Waals surface area contributed by atoms with Gasteiger partial charge in [-0.05, 0) is 38.2 Å². The van der Waals surface area contributed by atoms with E-state index in [0.717, 1.165) is 29.6 Å². The second-order valence-electron chi connectivity index (χ2n) is 7.68. The Kier molecular flexibility index (Phi) is 5.70. The minimum absolute atomic E-state index is 0.166. The molecule has 1 aromatic heterocycles. The van der Waals surface area contributed by atoms with Gasteiger partial charge >= 0.3 is 0 Å². The maximum absolute atomic E-state index is 12.9. The van der Waals surface area contributed by atoms with Crippen LogP contribution in [0.25, 0.3) is 11.4 Å². The molecule has 3 rings (SSSR count). The molecular weight excluding hydrogens is 344 g/mol. The number of amides is 1. The summed E-state index contributed by atoms with van der Waals surface area (Å²) in [6, 6.07) is 8.23. The summed E-state index contributed by atoms with van der Waals surface area (Å²) in [7, 11) is 1.96. The van der Waals surface area contributed by atoms with Crippen molar-refractivity contribution in [2.75, 3.05) is 13.1 Å². The van der Waals surface area contributed by atoms with Crippen LogP contribution in [0, 0.1) is 18.8 Å². The fourth-order valence-electron chi connectivity index (χ4n) is 3.76. The maximum Gasteiger partial charge on any atom is 0.235 e. The van der Waals surface area contributed by atoms with Gasteiger partial charge in [0.1, 0.15) is 0 Å². The zero-order chi connectivity index (χ0) is 18.8. The van der Waals surface area contributed by atoms with Gasteiger partial charge in [0, 0.05) is 25.7 Å². The van der Waals surface area contributed by atoms with Gasteiger partial charge in [-0.3, -0.25) is 4.79 Å². The first-order valence-electron chi connectivity index (χ1n) is 9.27. The molecule has 0 radical (unpaired) electrons. The van der Waals surface area contributed by atoms with Crippen molar-refractivity contribution in [3.8, 4) is 11.4 Å². The van der Waals surface area contributed by atoms with Gasteiger partial charge in [0.2, 0.25) is 5.91 Å². The van der Waals surface area contributed by atoms with E-state index in [1.807, 2.05) is 35.6 Å². The summed E-state index contributed by atoms with van der Waals surface area (Å²) in [4.78, 5) is 14.9. The number of carbonyl (C=O) groups is 1. The summed E-state index contributed by atoms with van der Waals surface area (Å²) >= 11 is 1.49. The molecule has 1 aromatic carbocycles. The lowest BCUT2D eigenvalue weighted by molar-refractivity contribution is -0.132. The molecular formula is C20H28N4OS. The van der Waals surface area contributed by atoms with Crippen LogP contribution in [0.2, 0.25) is 0 Å². The van der Waals surface area contributed by atoms with E-state index in [1.165, 1.54) is 23.7 Å². The Balaban J connectivity index is 1.72. The highest BCUT2D eigenvalue weighted by Gasteiger charge is 2.29. The molecule has 2 heterocycles. The van der Waals surface area contributed by atoms with E-state index >= 15 is 0 Å². The Morgan fingerprint density at radius 2 is 1.92 bits per heavy atom. The van der Waals surface area contributed by atoms with Gasteiger partial charge in [0.25, 0.3) is 0 Å². The topological polar surface area (TPSA) is 51.0 Å². The van der Waals surface area contributed by atoms with Crippen molar-refractivity contribution in [1.82, 2.24) is 19.7 Å². The first kappa shape index (κ1) is 19.0. The summed E-state index contributed by atoms with van der Waals surface area (Å²) < 4.78 is 1.98. The van der Waals surface area contributed by atoms with Gasteiger partial charge in [-0.15, -0.1) is 10.2 Å². The van der Waals surface area contributed by atoms with Crippen molar-refractivity contribution < 1.29 is 4.79 Å².